The second-order valence-electron chi connectivity index (χ2n) is 6.55. The van der Waals surface area contributed by atoms with Gasteiger partial charge in [-0.25, -0.2) is 4.39 Å². The lowest BCUT2D eigenvalue weighted by Gasteiger charge is -2.32. The van der Waals surface area contributed by atoms with Gasteiger partial charge in [0.15, 0.2) is 23.1 Å². The molecule has 5 nitrogen and oxygen atoms in total. The zero-order valence-corrected chi connectivity index (χ0v) is 16.1. The third-order valence-corrected chi connectivity index (χ3v) is 4.95. The van der Waals surface area contributed by atoms with E-state index in [-0.39, 0.29) is 17.6 Å². The van der Waals surface area contributed by atoms with Gasteiger partial charge in [0.1, 0.15) is 0 Å². The summed E-state index contributed by atoms with van der Waals surface area (Å²) in [4.78, 5) is 2.38. The molecule has 1 unspecified atom stereocenters. The van der Waals surface area contributed by atoms with Gasteiger partial charge in [-0.15, -0.1) is 0 Å². The summed E-state index contributed by atoms with van der Waals surface area (Å²) in [6.45, 7) is 3.71. The minimum absolute atomic E-state index is 0.0786. The van der Waals surface area contributed by atoms with Crippen LogP contribution in [0.5, 0.6) is 17.2 Å². The lowest BCUT2D eigenvalue weighted by atomic mass is 9.96. The maximum atomic E-state index is 14.4. The van der Waals surface area contributed by atoms with E-state index < -0.39 is 0 Å². The van der Waals surface area contributed by atoms with Crippen molar-refractivity contribution < 1.29 is 18.6 Å². The van der Waals surface area contributed by atoms with Gasteiger partial charge in [0, 0.05) is 19.6 Å². The van der Waals surface area contributed by atoms with Crippen molar-refractivity contribution >= 4 is 0 Å². The SMILES string of the molecule is COc1ccc(C(c2ccc(OC)c(OC)c2)N2CCCNCC2)cc1F. The van der Waals surface area contributed by atoms with Gasteiger partial charge in [0.2, 0.25) is 0 Å². The van der Waals surface area contributed by atoms with Gasteiger partial charge in [0.25, 0.3) is 0 Å². The molecule has 0 amide bonds. The number of rotatable bonds is 6. The normalized spacial score (nSPS) is 16.4. The summed E-state index contributed by atoms with van der Waals surface area (Å²) in [5.41, 5.74) is 1.93. The van der Waals surface area contributed by atoms with Gasteiger partial charge in [-0.05, 0) is 48.4 Å². The van der Waals surface area contributed by atoms with E-state index in [9.17, 15) is 4.39 Å². The van der Waals surface area contributed by atoms with Crippen LogP contribution in [0.3, 0.4) is 0 Å². The van der Waals surface area contributed by atoms with Gasteiger partial charge < -0.3 is 19.5 Å². The first kappa shape index (κ1) is 19.5. The van der Waals surface area contributed by atoms with Crippen molar-refractivity contribution in [3.05, 3.63) is 53.3 Å². The Morgan fingerprint density at radius 3 is 2.19 bits per heavy atom. The maximum Gasteiger partial charge on any atom is 0.165 e. The lowest BCUT2D eigenvalue weighted by Crippen LogP contribution is -2.33. The Labute approximate surface area is 160 Å². The van der Waals surface area contributed by atoms with E-state index in [0.717, 1.165) is 43.7 Å². The molecule has 2 aromatic rings. The highest BCUT2D eigenvalue weighted by Crippen LogP contribution is 2.36. The van der Waals surface area contributed by atoms with Crippen LogP contribution in [-0.2, 0) is 0 Å². The van der Waals surface area contributed by atoms with Crippen LogP contribution >= 0.6 is 0 Å². The number of hydrogen-bond acceptors (Lipinski definition) is 5. The molecule has 3 rings (SSSR count). The van der Waals surface area contributed by atoms with E-state index in [4.69, 9.17) is 14.2 Å². The van der Waals surface area contributed by atoms with Crippen molar-refractivity contribution in [3.8, 4) is 17.2 Å². The zero-order chi connectivity index (χ0) is 19.2. The Hall–Kier alpha value is -2.31. The number of halogens is 1. The van der Waals surface area contributed by atoms with Crippen LogP contribution in [0, 0.1) is 5.82 Å². The van der Waals surface area contributed by atoms with E-state index >= 15 is 0 Å². The summed E-state index contributed by atoms with van der Waals surface area (Å²) in [6.07, 6.45) is 1.04. The zero-order valence-electron chi connectivity index (χ0n) is 16.1. The average Bonchev–Trinajstić information content (AvgIpc) is 2.97. The summed E-state index contributed by atoms with van der Waals surface area (Å²) in [7, 11) is 4.72. The van der Waals surface area contributed by atoms with E-state index in [1.54, 1.807) is 26.4 Å². The molecular weight excluding hydrogens is 347 g/mol. The molecule has 1 heterocycles. The Balaban J connectivity index is 2.05. The summed E-state index contributed by atoms with van der Waals surface area (Å²) in [5.74, 6) is 1.25. The van der Waals surface area contributed by atoms with Crippen LogP contribution in [0.25, 0.3) is 0 Å². The van der Waals surface area contributed by atoms with E-state index in [0.29, 0.717) is 11.5 Å². The van der Waals surface area contributed by atoms with Gasteiger partial charge in [-0.3, -0.25) is 4.90 Å². The van der Waals surface area contributed by atoms with Crippen LogP contribution in [-0.4, -0.2) is 52.4 Å². The van der Waals surface area contributed by atoms with Gasteiger partial charge in [-0.2, -0.15) is 0 Å². The third-order valence-electron chi connectivity index (χ3n) is 4.95. The minimum atomic E-state index is -0.353. The third kappa shape index (κ3) is 4.34. The molecule has 0 saturated carbocycles. The fourth-order valence-corrected chi connectivity index (χ4v) is 3.61. The van der Waals surface area contributed by atoms with E-state index in [2.05, 4.69) is 10.2 Å². The standard InChI is InChI=1S/C21H27FN2O3/c1-25-18-7-5-15(13-17(18)22)21(24-11-4-9-23-10-12-24)16-6-8-19(26-2)20(14-16)27-3/h5-8,13-14,21,23H,4,9-12H2,1-3H3. The van der Waals surface area contributed by atoms with Gasteiger partial charge >= 0.3 is 0 Å². The van der Waals surface area contributed by atoms with Crippen LogP contribution in [0.1, 0.15) is 23.6 Å². The smallest absolute Gasteiger partial charge is 0.165 e. The molecule has 6 heteroatoms. The molecule has 0 bridgehead atoms. The average molecular weight is 374 g/mol. The first-order valence-corrected chi connectivity index (χ1v) is 9.18. The Morgan fingerprint density at radius 1 is 0.852 bits per heavy atom. The van der Waals surface area contributed by atoms with Crippen molar-refractivity contribution in [2.75, 3.05) is 47.5 Å². The highest BCUT2D eigenvalue weighted by molar-refractivity contribution is 5.46. The predicted octanol–water partition coefficient (Wildman–Crippen LogP) is 3.24. The molecule has 0 aromatic heterocycles. The second-order valence-corrected chi connectivity index (χ2v) is 6.55. The van der Waals surface area contributed by atoms with E-state index in [1.165, 1.54) is 7.11 Å². The predicted molar refractivity (Wildman–Crippen MR) is 103 cm³/mol. The monoisotopic (exact) mass is 374 g/mol. The minimum Gasteiger partial charge on any atom is -0.494 e. The number of methoxy groups -OCH3 is 3. The molecule has 2 aromatic carbocycles. The van der Waals surface area contributed by atoms with E-state index in [1.807, 2.05) is 24.3 Å². The van der Waals surface area contributed by atoms with Crippen molar-refractivity contribution in [2.45, 2.75) is 12.5 Å². The largest absolute Gasteiger partial charge is 0.494 e. The summed E-state index contributed by atoms with van der Waals surface area (Å²) < 4.78 is 30.4. The molecule has 0 spiro atoms. The summed E-state index contributed by atoms with van der Waals surface area (Å²) in [6, 6.07) is 11.0. The molecule has 1 saturated heterocycles. The number of benzene rings is 2. The van der Waals surface area contributed by atoms with Crippen LogP contribution in [0.15, 0.2) is 36.4 Å². The first-order valence-electron chi connectivity index (χ1n) is 9.18. The molecule has 1 fully saturated rings. The summed E-state index contributed by atoms with van der Waals surface area (Å²) >= 11 is 0. The van der Waals surface area contributed by atoms with Crippen LogP contribution in [0.2, 0.25) is 0 Å². The molecule has 27 heavy (non-hydrogen) atoms. The Morgan fingerprint density at radius 2 is 1.52 bits per heavy atom. The molecule has 146 valence electrons. The maximum absolute atomic E-state index is 14.4. The Kier molecular flexibility index (Phi) is 6.53. The molecule has 1 aliphatic rings. The lowest BCUT2D eigenvalue weighted by molar-refractivity contribution is 0.239. The van der Waals surface area contributed by atoms with Gasteiger partial charge in [-0.1, -0.05) is 12.1 Å². The fraction of sp³-hybridized carbons (Fsp3) is 0.429. The van der Waals surface area contributed by atoms with Crippen LogP contribution < -0.4 is 19.5 Å². The second kappa shape index (κ2) is 9.06. The summed E-state index contributed by atoms with van der Waals surface area (Å²) in [5, 5.41) is 3.43. The van der Waals surface area contributed by atoms with Gasteiger partial charge in [0.05, 0.1) is 27.4 Å². The van der Waals surface area contributed by atoms with Crippen molar-refractivity contribution in [1.82, 2.24) is 10.2 Å². The molecule has 0 aliphatic carbocycles. The van der Waals surface area contributed by atoms with Crippen molar-refractivity contribution in [1.29, 1.82) is 0 Å². The Bertz CT molecular complexity index is 761. The van der Waals surface area contributed by atoms with Crippen molar-refractivity contribution in [2.24, 2.45) is 0 Å². The van der Waals surface area contributed by atoms with Crippen LogP contribution in [0.4, 0.5) is 4.39 Å². The number of hydrogen-bond donors (Lipinski definition) is 1. The highest BCUT2D eigenvalue weighted by atomic mass is 19.1. The first-order chi connectivity index (χ1) is 13.2. The highest BCUT2D eigenvalue weighted by Gasteiger charge is 2.25. The molecular formula is C21H27FN2O3. The number of nitrogens with one attached hydrogen (secondary N) is 1. The molecule has 1 atom stereocenters. The fourth-order valence-electron chi connectivity index (χ4n) is 3.61. The molecule has 1 aliphatic heterocycles. The molecule has 1 N–H and O–H groups in total. The van der Waals surface area contributed by atoms with Crippen molar-refractivity contribution in [3.63, 3.8) is 0 Å². The number of nitrogens with zero attached hydrogens (tertiary/aromatic N) is 1. The topological polar surface area (TPSA) is 43.0 Å². The molecule has 0 radical (unpaired) electrons. The quantitative estimate of drug-likeness (QED) is 0.841. The number of ether oxygens (including phenoxy) is 3.